The topological polar surface area (TPSA) is 55.6 Å². The van der Waals surface area contributed by atoms with Crippen LogP contribution in [0.4, 0.5) is 5.82 Å². The molecule has 4 rings (SSSR count). The number of ether oxygens (including phenoxy) is 1. The number of methoxy groups -OCH3 is 1. The highest BCUT2D eigenvalue weighted by Gasteiger charge is 2.17. The van der Waals surface area contributed by atoms with Gasteiger partial charge in [-0.05, 0) is 43.5 Å². The molecule has 6 heteroatoms. The molecular formula is C17H19N5O. The number of aryl methyl sites for hydroxylation is 1. The van der Waals surface area contributed by atoms with Crippen molar-refractivity contribution in [3.8, 4) is 17.1 Å². The second-order valence-corrected chi connectivity index (χ2v) is 5.87. The molecule has 3 aromatic heterocycles. The maximum absolute atomic E-state index is 5.41. The quantitative estimate of drug-likeness (QED) is 0.744. The first-order chi connectivity index (χ1) is 11.3. The van der Waals surface area contributed by atoms with Crippen LogP contribution in [-0.4, -0.2) is 39.8 Å². The Bertz CT molecular complexity index is 851. The average molecular weight is 309 g/mol. The number of rotatable bonds is 3. The molecule has 1 aliphatic rings. The lowest BCUT2D eigenvalue weighted by molar-refractivity contribution is 0.399. The molecule has 0 N–H and O–H groups in total. The van der Waals surface area contributed by atoms with E-state index < -0.39 is 0 Å². The number of pyridine rings is 1. The maximum atomic E-state index is 5.41. The minimum Gasteiger partial charge on any atom is -0.481 e. The monoisotopic (exact) mass is 309 g/mol. The minimum atomic E-state index is 0.589. The standard InChI is InChI=1S/C17H19N5O/c1-12-9-13(17(23-2)19-10-12)14-11-18-15-5-6-16(20-22(14)15)21-7-3-4-8-21/h5-6,9-11H,3-4,7-8H2,1-2H3. The van der Waals surface area contributed by atoms with Crippen molar-refractivity contribution in [3.05, 3.63) is 36.2 Å². The Kier molecular flexibility index (Phi) is 3.37. The number of aromatic nitrogens is 4. The first-order valence-electron chi connectivity index (χ1n) is 7.87. The summed E-state index contributed by atoms with van der Waals surface area (Å²) < 4.78 is 7.29. The van der Waals surface area contributed by atoms with Crippen LogP contribution in [-0.2, 0) is 0 Å². The molecule has 0 radical (unpaired) electrons. The third kappa shape index (κ3) is 2.40. The van der Waals surface area contributed by atoms with Crippen LogP contribution in [0, 0.1) is 6.92 Å². The van der Waals surface area contributed by atoms with Crippen LogP contribution in [0.3, 0.4) is 0 Å². The summed E-state index contributed by atoms with van der Waals surface area (Å²) in [7, 11) is 1.63. The van der Waals surface area contributed by atoms with E-state index in [1.807, 2.05) is 29.8 Å². The van der Waals surface area contributed by atoms with Crippen molar-refractivity contribution in [3.63, 3.8) is 0 Å². The Hall–Kier alpha value is -2.63. The fourth-order valence-electron chi connectivity index (χ4n) is 3.07. The van der Waals surface area contributed by atoms with E-state index in [1.54, 1.807) is 13.3 Å². The Labute approximate surface area is 134 Å². The SMILES string of the molecule is COc1ncc(C)cc1-c1cnc2ccc(N3CCCC3)nn12. The molecule has 0 bridgehead atoms. The van der Waals surface area contributed by atoms with E-state index >= 15 is 0 Å². The number of hydrogen-bond acceptors (Lipinski definition) is 5. The normalized spacial score (nSPS) is 14.6. The van der Waals surface area contributed by atoms with Crippen LogP contribution in [0.1, 0.15) is 18.4 Å². The van der Waals surface area contributed by atoms with Gasteiger partial charge in [0.2, 0.25) is 5.88 Å². The highest BCUT2D eigenvalue weighted by atomic mass is 16.5. The summed E-state index contributed by atoms with van der Waals surface area (Å²) in [5.74, 6) is 1.58. The molecule has 4 heterocycles. The van der Waals surface area contributed by atoms with Crippen LogP contribution in [0.15, 0.2) is 30.6 Å². The molecule has 0 atom stereocenters. The van der Waals surface area contributed by atoms with Gasteiger partial charge in [-0.15, -0.1) is 5.10 Å². The van der Waals surface area contributed by atoms with E-state index in [-0.39, 0.29) is 0 Å². The van der Waals surface area contributed by atoms with Gasteiger partial charge in [-0.1, -0.05) is 0 Å². The fourth-order valence-corrected chi connectivity index (χ4v) is 3.07. The number of nitrogens with zero attached hydrogens (tertiary/aromatic N) is 5. The number of fused-ring (bicyclic) bond motifs is 1. The summed E-state index contributed by atoms with van der Waals surface area (Å²) in [6.07, 6.45) is 6.09. The van der Waals surface area contributed by atoms with Gasteiger partial charge in [-0.3, -0.25) is 0 Å². The second kappa shape index (κ2) is 5.53. The van der Waals surface area contributed by atoms with Crippen molar-refractivity contribution in [2.45, 2.75) is 19.8 Å². The molecule has 0 spiro atoms. The Morgan fingerprint density at radius 3 is 2.70 bits per heavy atom. The van der Waals surface area contributed by atoms with Gasteiger partial charge < -0.3 is 9.64 Å². The maximum Gasteiger partial charge on any atom is 0.222 e. The molecule has 1 fully saturated rings. The van der Waals surface area contributed by atoms with E-state index in [2.05, 4.69) is 20.9 Å². The van der Waals surface area contributed by atoms with Gasteiger partial charge in [0, 0.05) is 19.3 Å². The van der Waals surface area contributed by atoms with Gasteiger partial charge in [0.25, 0.3) is 0 Å². The first-order valence-corrected chi connectivity index (χ1v) is 7.87. The van der Waals surface area contributed by atoms with E-state index in [9.17, 15) is 0 Å². The largest absolute Gasteiger partial charge is 0.481 e. The average Bonchev–Trinajstić information content (AvgIpc) is 3.24. The van der Waals surface area contributed by atoms with Crippen molar-refractivity contribution in [2.75, 3.05) is 25.1 Å². The van der Waals surface area contributed by atoms with E-state index in [0.29, 0.717) is 5.88 Å². The molecule has 1 saturated heterocycles. The molecule has 0 aliphatic carbocycles. The predicted molar refractivity (Wildman–Crippen MR) is 89.0 cm³/mol. The zero-order chi connectivity index (χ0) is 15.8. The van der Waals surface area contributed by atoms with Gasteiger partial charge in [0.1, 0.15) is 5.82 Å². The Morgan fingerprint density at radius 2 is 1.91 bits per heavy atom. The van der Waals surface area contributed by atoms with Crippen molar-refractivity contribution in [1.29, 1.82) is 0 Å². The second-order valence-electron chi connectivity index (χ2n) is 5.87. The molecule has 0 aromatic carbocycles. The molecule has 0 unspecified atom stereocenters. The predicted octanol–water partition coefficient (Wildman–Crippen LogP) is 2.71. The summed E-state index contributed by atoms with van der Waals surface area (Å²) in [5, 5.41) is 4.80. The first kappa shape index (κ1) is 14.0. The van der Waals surface area contributed by atoms with Gasteiger partial charge >= 0.3 is 0 Å². The molecular weight excluding hydrogens is 290 g/mol. The van der Waals surface area contributed by atoms with Crippen LogP contribution < -0.4 is 9.64 Å². The summed E-state index contributed by atoms with van der Waals surface area (Å²) >= 11 is 0. The van der Waals surface area contributed by atoms with Crippen LogP contribution >= 0.6 is 0 Å². The molecule has 6 nitrogen and oxygen atoms in total. The zero-order valence-electron chi connectivity index (χ0n) is 13.4. The molecule has 118 valence electrons. The van der Waals surface area contributed by atoms with Gasteiger partial charge in [-0.2, -0.15) is 0 Å². The zero-order valence-corrected chi connectivity index (χ0v) is 13.4. The number of hydrogen-bond donors (Lipinski definition) is 0. The van der Waals surface area contributed by atoms with Crippen LogP contribution in [0.25, 0.3) is 16.9 Å². The van der Waals surface area contributed by atoms with Crippen molar-refractivity contribution in [1.82, 2.24) is 19.6 Å². The van der Waals surface area contributed by atoms with Crippen LogP contribution in [0.2, 0.25) is 0 Å². The van der Waals surface area contributed by atoms with Crippen LogP contribution in [0.5, 0.6) is 5.88 Å². The van der Waals surface area contributed by atoms with Crippen molar-refractivity contribution in [2.24, 2.45) is 0 Å². The highest BCUT2D eigenvalue weighted by Crippen LogP contribution is 2.29. The third-order valence-electron chi connectivity index (χ3n) is 4.24. The smallest absolute Gasteiger partial charge is 0.222 e. The molecule has 3 aromatic rings. The Balaban J connectivity index is 1.87. The van der Waals surface area contributed by atoms with Crippen molar-refractivity contribution < 1.29 is 4.74 Å². The van der Waals surface area contributed by atoms with E-state index in [1.165, 1.54) is 12.8 Å². The van der Waals surface area contributed by atoms with Crippen molar-refractivity contribution >= 4 is 11.5 Å². The van der Waals surface area contributed by atoms with E-state index in [0.717, 1.165) is 41.4 Å². The highest BCUT2D eigenvalue weighted by molar-refractivity contribution is 5.68. The summed E-state index contributed by atoms with van der Waals surface area (Å²) in [5.41, 5.74) is 3.71. The third-order valence-corrected chi connectivity index (χ3v) is 4.24. The van der Waals surface area contributed by atoms with Gasteiger partial charge in [-0.25, -0.2) is 14.5 Å². The number of imidazole rings is 1. The molecule has 1 aliphatic heterocycles. The summed E-state index contributed by atoms with van der Waals surface area (Å²) in [6.45, 7) is 4.15. The fraction of sp³-hybridized carbons (Fsp3) is 0.353. The molecule has 23 heavy (non-hydrogen) atoms. The Morgan fingerprint density at radius 1 is 1.09 bits per heavy atom. The lowest BCUT2D eigenvalue weighted by atomic mass is 10.1. The minimum absolute atomic E-state index is 0.589. The summed E-state index contributed by atoms with van der Waals surface area (Å²) in [6, 6.07) is 6.11. The lowest BCUT2D eigenvalue weighted by Crippen LogP contribution is -2.19. The summed E-state index contributed by atoms with van der Waals surface area (Å²) in [4.78, 5) is 11.1. The van der Waals surface area contributed by atoms with Gasteiger partial charge in [0.05, 0.1) is 24.6 Å². The lowest BCUT2D eigenvalue weighted by Gasteiger charge is -2.16. The number of anilines is 1. The molecule has 0 amide bonds. The van der Waals surface area contributed by atoms with Gasteiger partial charge in [0.15, 0.2) is 5.65 Å². The molecule has 0 saturated carbocycles. The van der Waals surface area contributed by atoms with E-state index in [4.69, 9.17) is 9.84 Å².